The fourth-order valence-corrected chi connectivity index (χ4v) is 3.40. The molecular formula is C23H28N2O3. The quantitative estimate of drug-likeness (QED) is 0.810. The van der Waals surface area contributed by atoms with E-state index in [-0.39, 0.29) is 17.9 Å². The van der Waals surface area contributed by atoms with E-state index in [0.29, 0.717) is 18.7 Å². The van der Waals surface area contributed by atoms with Gasteiger partial charge in [0.1, 0.15) is 5.60 Å². The molecule has 1 N–H and O–H groups in total. The molecule has 1 aliphatic heterocycles. The number of nitrogens with one attached hydrogen (secondary N) is 1. The van der Waals surface area contributed by atoms with E-state index < -0.39 is 5.60 Å². The number of carbonyl (C=O) groups is 2. The lowest BCUT2D eigenvalue weighted by Crippen LogP contribution is -2.42. The van der Waals surface area contributed by atoms with Gasteiger partial charge in [-0.25, -0.2) is 4.79 Å². The zero-order chi connectivity index (χ0) is 20.1. The predicted molar refractivity (Wildman–Crippen MR) is 111 cm³/mol. The highest BCUT2D eigenvalue weighted by Crippen LogP contribution is 2.28. The molecule has 0 aromatic heterocycles. The smallest absolute Gasteiger partial charge is 0.410 e. The molecule has 0 saturated carbocycles. The van der Waals surface area contributed by atoms with Gasteiger partial charge in [-0.1, -0.05) is 30.3 Å². The van der Waals surface area contributed by atoms with Gasteiger partial charge in [0.25, 0.3) is 5.91 Å². The monoisotopic (exact) mass is 380 g/mol. The molecule has 1 aliphatic rings. The van der Waals surface area contributed by atoms with Gasteiger partial charge in [0.15, 0.2) is 0 Å². The predicted octanol–water partition coefficient (Wildman–Crippen LogP) is 5.05. The average Bonchev–Trinajstić information content (AvgIpc) is 2.68. The van der Waals surface area contributed by atoms with E-state index >= 15 is 0 Å². The summed E-state index contributed by atoms with van der Waals surface area (Å²) in [5.74, 6) is 0.0681. The molecule has 5 nitrogen and oxygen atoms in total. The lowest BCUT2D eigenvalue weighted by Gasteiger charge is -2.34. The first-order chi connectivity index (χ1) is 13.3. The molecule has 28 heavy (non-hydrogen) atoms. The molecule has 5 heteroatoms. The SMILES string of the molecule is CC(C)(C)OC(=O)N1CCC[C@H](c2cccc(C(=O)Nc3ccccc3)c2)C1. The number of rotatable bonds is 3. The summed E-state index contributed by atoms with van der Waals surface area (Å²) >= 11 is 0. The molecule has 0 bridgehead atoms. The molecule has 2 amide bonds. The van der Waals surface area contributed by atoms with Crippen molar-refractivity contribution in [3.05, 3.63) is 65.7 Å². The second kappa shape index (κ2) is 8.46. The lowest BCUT2D eigenvalue weighted by molar-refractivity contribution is 0.0198. The Labute approximate surface area is 166 Å². The number of hydrogen-bond donors (Lipinski definition) is 1. The van der Waals surface area contributed by atoms with Crippen LogP contribution in [0.3, 0.4) is 0 Å². The lowest BCUT2D eigenvalue weighted by atomic mass is 9.90. The molecular weight excluding hydrogens is 352 g/mol. The second-order valence-corrected chi connectivity index (χ2v) is 8.21. The van der Waals surface area contributed by atoms with Gasteiger partial charge in [0, 0.05) is 30.3 Å². The van der Waals surface area contributed by atoms with Crippen molar-refractivity contribution < 1.29 is 14.3 Å². The van der Waals surface area contributed by atoms with Crippen molar-refractivity contribution in [1.29, 1.82) is 0 Å². The Hall–Kier alpha value is -2.82. The third kappa shape index (κ3) is 5.35. The van der Waals surface area contributed by atoms with E-state index in [1.807, 2.05) is 75.4 Å². The van der Waals surface area contributed by atoms with Crippen LogP contribution >= 0.6 is 0 Å². The Morgan fingerprint density at radius 1 is 1.07 bits per heavy atom. The minimum atomic E-state index is -0.501. The summed E-state index contributed by atoms with van der Waals surface area (Å²) < 4.78 is 5.51. The third-order valence-electron chi connectivity index (χ3n) is 4.72. The molecule has 148 valence electrons. The Balaban J connectivity index is 1.69. The number of para-hydroxylation sites is 1. The molecule has 0 radical (unpaired) electrons. The van der Waals surface area contributed by atoms with Crippen molar-refractivity contribution in [2.45, 2.75) is 45.1 Å². The number of benzene rings is 2. The van der Waals surface area contributed by atoms with Crippen LogP contribution < -0.4 is 5.32 Å². The minimum Gasteiger partial charge on any atom is -0.444 e. The number of anilines is 1. The van der Waals surface area contributed by atoms with Crippen LogP contribution in [0.1, 0.15) is 55.5 Å². The first kappa shape index (κ1) is 19.9. The summed E-state index contributed by atoms with van der Waals surface area (Å²) in [6.45, 7) is 6.95. The molecule has 3 rings (SSSR count). The van der Waals surface area contributed by atoms with Gasteiger partial charge in [-0.05, 0) is 63.4 Å². The molecule has 1 saturated heterocycles. The van der Waals surface area contributed by atoms with Crippen molar-refractivity contribution in [2.75, 3.05) is 18.4 Å². The summed E-state index contributed by atoms with van der Waals surface area (Å²) in [4.78, 5) is 26.8. The summed E-state index contributed by atoms with van der Waals surface area (Å²) in [5.41, 5.74) is 1.97. The van der Waals surface area contributed by atoms with Crippen molar-refractivity contribution in [3.63, 3.8) is 0 Å². The number of amides is 2. The third-order valence-corrected chi connectivity index (χ3v) is 4.72. The van der Waals surface area contributed by atoms with Crippen molar-refractivity contribution in [1.82, 2.24) is 4.90 Å². The van der Waals surface area contributed by atoms with E-state index in [1.54, 1.807) is 4.90 Å². The van der Waals surface area contributed by atoms with Gasteiger partial charge in [0.2, 0.25) is 0 Å². The largest absolute Gasteiger partial charge is 0.444 e. The van der Waals surface area contributed by atoms with Crippen LogP contribution in [0.25, 0.3) is 0 Å². The van der Waals surface area contributed by atoms with Gasteiger partial charge in [-0.3, -0.25) is 4.79 Å². The Bertz CT molecular complexity index is 827. The van der Waals surface area contributed by atoms with E-state index in [4.69, 9.17) is 4.74 Å². The van der Waals surface area contributed by atoms with Crippen molar-refractivity contribution in [3.8, 4) is 0 Å². The fourth-order valence-electron chi connectivity index (χ4n) is 3.40. The number of nitrogens with zero attached hydrogens (tertiary/aromatic N) is 1. The van der Waals surface area contributed by atoms with Crippen LogP contribution in [-0.2, 0) is 4.74 Å². The van der Waals surface area contributed by atoms with Crippen LogP contribution in [0.5, 0.6) is 0 Å². The maximum absolute atomic E-state index is 12.6. The van der Waals surface area contributed by atoms with E-state index in [0.717, 1.165) is 24.1 Å². The van der Waals surface area contributed by atoms with E-state index in [1.165, 1.54) is 0 Å². The first-order valence-corrected chi connectivity index (χ1v) is 9.76. The highest BCUT2D eigenvalue weighted by atomic mass is 16.6. The fraction of sp³-hybridized carbons (Fsp3) is 0.391. The van der Waals surface area contributed by atoms with Crippen LogP contribution in [-0.4, -0.2) is 35.6 Å². The summed E-state index contributed by atoms with van der Waals surface area (Å²) in [6, 6.07) is 17.1. The van der Waals surface area contributed by atoms with Crippen molar-refractivity contribution >= 4 is 17.7 Å². The Morgan fingerprint density at radius 3 is 2.54 bits per heavy atom. The zero-order valence-corrected chi connectivity index (χ0v) is 16.8. The molecule has 1 fully saturated rings. The highest BCUT2D eigenvalue weighted by molar-refractivity contribution is 6.04. The maximum Gasteiger partial charge on any atom is 0.410 e. The Kier molecular flexibility index (Phi) is 6.02. The molecule has 1 heterocycles. The van der Waals surface area contributed by atoms with Crippen LogP contribution in [0.15, 0.2) is 54.6 Å². The topological polar surface area (TPSA) is 58.6 Å². The number of likely N-dealkylation sites (tertiary alicyclic amines) is 1. The zero-order valence-electron chi connectivity index (χ0n) is 16.8. The minimum absolute atomic E-state index is 0.132. The van der Waals surface area contributed by atoms with Gasteiger partial charge < -0.3 is 15.0 Å². The van der Waals surface area contributed by atoms with E-state index in [9.17, 15) is 9.59 Å². The molecule has 2 aromatic rings. The second-order valence-electron chi connectivity index (χ2n) is 8.21. The first-order valence-electron chi connectivity index (χ1n) is 9.76. The maximum atomic E-state index is 12.6. The molecule has 2 aromatic carbocycles. The van der Waals surface area contributed by atoms with Gasteiger partial charge in [0.05, 0.1) is 0 Å². The summed E-state index contributed by atoms with van der Waals surface area (Å²) in [7, 11) is 0. The molecule has 0 unspecified atom stereocenters. The average molecular weight is 380 g/mol. The standard InChI is InChI=1S/C23H28N2O3/c1-23(2,3)28-22(27)25-14-8-11-19(16-25)17-9-7-10-18(15-17)21(26)24-20-12-5-4-6-13-20/h4-7,9-10,12-13,15,19H,8,11,14,16H2,1-3H3,(H,24,26)/t19-/m0/s1. The summed E-state index contributed by atoms with van der Waals surface area (Å²) in [6.07, 6.45) is 1.64. The van der Waals surface area contributed by atoms with Gasteiger partial charge in [-0.15, -0.1) is 0 Å². The highest BCUT2D eigenvalue weighted by Gasteiger charge is 2.28. The molecule has 0 spiro atoms. The number of piperidine rings is 1. The number of hydrogen-bond acceptors (Lipinski definition) is 3. The van der Waals surface area contributed by atoms with E-state index in [2.05, 4.69) is 5.32 Å². The normalized spacial score (nSPS) is 17.1. The molecule has 1 atom stereocenters. The van der Waals surface area contributed by atoms with Crippen LogP contribution in [0.4, 0.5) is 10.5 Å². The summed E-state index contributed by atoms with van der Waals surface area (Å²) in [5, 5.41) is 2.92. The van der Waals surface area contributed by atoms with Gasteiger partial charge in [-0.2, -0.15) is 0 Å². The van der Waals surface area contributed by atoms with Gasteiger partial charge >= 0.3 is 6.09 Å². The van der Waals surface area contributed by atoms with Crippen LogP contribution in [0, 0.1) is 0 Å². The van der Waals surface area contributed by atoms with Crippen molar-refractivity contribution in [2.24, 2.45) is 0 Å². The Morgan fingerprint density at radius 2 is 1.82 bits per heavy atom. The molecule has 0 aliphatic carbocycles. The van der Waals surface area contributed by atoms with Crippen LogP contribution in [0.2, 0.25) is 0 Å². The number of ether oxygens (including phenoxy) is 1. The number of carbonyl (C=O) groups excluding carboxylic acids is 2.